The lowest BCUT2D eigenvalue weighted by Gasteiger charge is -2.37. The molecule has 2 aromatic rings. The number of nitrogens with zero attached hydrogens (tertiary/aromatic N) is 1. The third kappa shape index (κ3) is 5.35. The zero-order valence-electron chi connectivity index (χ0n) is 18.4. The Morgan fingerprint density at radius 3 is 2.26 bits per heavy atom. The second-order valence-corrected chi connectivity index (χ2v) is 8.64. The summed E-state index contributed by atoms with van der Waals surface area (Å²) in [5, 5.41) is 9.80. The van der Waals surface area contributed by atoms with Crippen LogP contribution in [-0.4, -0.2) is 53.5 Å². The third-order valence-electron chi connectivity index (χ3n) is 5.23. The summed E-state index contributed by atoms with van der Waals surface area (Å²) >= 11 is 0. The van der Waals surface area contributed by atoms with Crippen LogP contribution < -0.4 is 10.5 Å². The summed E-state index contributed by atoms with van der Waals surface area (Å²) in [6.45, 7) is 9.87. The second-order valence-electron chi connectivity index (χ2n) is 7.28. The molecule has 0 spiro atoms. The molecule has 0 unspecified atom stereocenters. The fourth-order valence-electron chi connectivity index (χ4n) is 4.07. The van der Waals surface area contributed by atoms with Crippen LogP contribution in [0, 0.1) is 0 Å². The lowest BCUT2D eigenvalue weighted by Crippen LogP contribution is -2.34. The molecule has 2 aliphatic heterocycles. The minimum atomic E-state index is -1.40. The first-order chi connectivity index (χ1) is 15.0. The molecule has 1 radical (unpaired) electrons. The molecule has 1 aromatic heterocycles. The number of rotatable bonds is 7. The number of hydrogen-bond donors (Lipinski definition) is 1. The van der Waals surface area contributed by atoms with Crippen molar-refractivity contribution in [2.45, 2.75) is 46.5 Å². The number of fused-ring (bicyclic) bond motifs is 2. The Kier molecular flexibility index (Phi) is 8.25. The van der Waals surface area contributed by atoms with Crippen molar-refractivity contribution >= 4 is 32.2 Å². The molecule has 0 saturated carbocycles. The highest BCUT2D eigenvalue weighted by molar-refractivity contribution is 6.36. The second kappa shape index (κ2) is 10.9. The van der Waals surface area contributed by atoms with E-state index in [-0.39, 0.29) is 5.56 Å². The fourth-order valence-corrected chi connectivity index (χ4v) is 5.03. The highest BCUT2D eigenvalue weighted by Crippen LogP contribution is 2.39. The van der Waals surface area contributed by atoms with E-state index in [4.69, 9.17) is 22.8 Å². The molecular formula is C22H30NO7Si. The molecule has 0 aliphatic carbocycles. The minimum absolute atomic E-state index is 0.293. The summed E-state index contributed by atoms with van der Waals surface area (Å²) in [5.41, 5.74) is 3.04. The predicted octanol–water partition coefficient (Wildman–Crippen LogP) is 3.27. The number of benzene rings is 1. The molecule has 2 aliphatic rings. The van der Waals surface area contributed by atoms with Gasteiger partial charge in [-0.25, -0.2) is 9.59 Å². The van der Waals surface area contributed by atoms with E-state index in [9.17, 15) is 9.59 Å². The van der Waals surface area contributed by atoms with Crippen LogP contribution in [0.2, 0.25) is 0 Å². The van der Waals surface area contributed by atoms with Crippen molar-refractivity contribution in [2.24, 2.45) is 0 Å². The Hall–Kier alpha value is -2.20. The SMILES string of the molecule is CCO[Si](OCC)OCC.O=C(O)c1cc2cc3c4c(c2oc1=O)CCCN4CCC3. The quantitative estimate of drug-likeness (QED) is 0.509. The average molecular weight is 449 g/mol. The molecule has 3 heterocycles. The molecule has 4 rings (SSSR count). The van der Waals surface area contributed by atoms with Crippen LogP contribution in [-0.2, 0) is 26.1 Å². The lowest BCUT2D eigenvalue weighted by molar-refractivity contribution is 0.0692. The number of aromatic carboxylic acids is 1. The van der Waals surface area contributed by atoms with Gasteiger partial charge in [0.25, 0.3) is 0 Å². The number of carboxylic acid groups (broad SMARTS) is 1. The first kappa shape index (κ1) is 23.5. The number of carbonyl (C=O) groups is 1. The van der Waals surface area contributed by atoms with E-state index in [0.717, 1.165) is 49.7 Å². The minimum Gasteiger partial charge on any atom is -0.477 e. The van der Waals surface area contributed by atoms with Gasteiger partial charge in [-0.15, -0.1) is 0 Å². The first-order valence-corrected chi connectivity index (χ1v) is 12.1. The van der Waals surface area contributed by atoms with Gasteiger partial charge >= 0.3 is 21.1 Å². The lowest BCUT2D eigenvalue weighted by atomic mass is 9.90. The molecule has 8 nitrogen and oxygen atoms in total. The molecule has 1 N–H and O–H groups in total. The Morgan fingerprint density at radius 2 is 1.68 bits per heavy atom. The van der Waals surface area contributed by atoms with Crippen molar-refractivity contribution in [3.63, 3.8) is 0 Å². The fraction of sp³-hybridized carbons (Fsp3) is 0.545. The molecule has 9 heteroatoms. The standard InChI is InChI=1S/C16H15NO4.C6H15O3Si/c18-15(19)12-8-10-7-9-3-1-5-17-6-2-4-11(13(9)17)14(10)21-16(12)20;1-4-7-10(8-5-2)9-6-3/h7-8H,1-6H2,(H,18,19);4-6H2,1-3H3. The smallest absolute Gasteiger partial charge is 0.477 e. The number of aryl methyl sites for hydroxylation is 2. The van der Waals surface area contributed by atoms with Gasteiger partial charge in [-0.3, -0.25) is 0 Å². The van der Waals surface area contributed by atoms with Crippen LogP contribution in [0.4, 0.5) is 5.69 Å². The van der Waals surface area contributed by atoms with E-state index >= 15 is 0 Å². The van der Waals surface area contributed by atoms with Gasteiger partial charge < -0.3 is 27.7 Å². The maximum absolute atomic E-state index is 11.8. The summed E-state index contributed by atoms with van der Waals surface area (Å²) < 4.78 is 20.9. The maximum Gasteiger partial charge on any atom is 0.577 e. The summed E-state index contributed by atoms with van der Waals surface area (Å²) in [4.78, 5) is 25.3. The number of carboxylic acids is 1. The molecule has 31 heavy (non-hydrogen) atoms. The summed E-state index contributed by atoms with van der Waals surface area (Å²) in [6, 6.07) is 3.44. The number of anilines is 1. The van der Waals surface area contributed by atoms with E-state index in [2.05, 4.69) is 4.90 Å². The van der Waals surface area contributed by atoms with Gasteiger partial charge in [0.2, 0.25) is 0 Å². The average Bonchev–Trinajstić information content (AvgIpc) is 2.75. The molecule has 169 valence electrons. The van der Waals surface area contributed by atoms with Crippen molar-refractivity contribution in [1.29, 1.82) is 0 Å². The van der Waals surface area contributed by atoms with Gasteiger partial charge in [0, 0.05) is 49.5 Å². The van der Waals surface area contributed by atoms with Gasteiger partial charge in [0.1, 0.15) is 11.1 Å². The van der Waals surface area contributed by atoms with Crippen LogP contribution in [0.1, 0.15) is 55.1 Å². The Balaban J connectivity index is 0.000000233. The Bertz CT molecular complexity index is 958. The highest BCUT2D eigenvalue weighted by atomic mass is 28.3. The van der Waals surface area contributed by atoms with Crippen LogP contribution in [0.3, 0.4) is 0 Å². The van der Waals surface area contributed by atoms with Crippen molar-refractivity contribution < 1.29 is 27.6 Å². The van der Waals surface area contributed by atoms with Crippen LogP contribution in [0.25, 0.3) is 11.0 Å². The molecule has 0 fully saturated rings. The maximum atomic E-state index is 11.8. The van der Waals surface area contributed by atoms with E-state index in [0.29, 0.717) is 25.4 Å². The molecular weight excluding hydrogens is 418 g/mol. The summed E-state index contributed by atoms with van der Waals surface area (Å²) in [5.74, 6) is -1.24. The zero-order valence-corrected chi connectivity index (χ0v) is 19.4. The first-order valence-electron chi connectivity index (χ1n) is 10.9. The third-order valence-corrected chi connectivity index (χ3v) is 6.81. The predicted molar refractivity (Wildman–Crippen MR) is 119 cm³/mol. The van der Waals surface area contributed by atoms with Gasteiger partial charge in [-0.05, 0) is 64.2 Å². The van der Waals surface area contributed by atoms with E-state index < -0.39 is 21.1 Å². The highest BCUT2D eigenvalue weighted by Gasteiger charge is 2.27. The van der Waals surface area contributed by atoms with Crippen molar-refractivity contribution in [3.05, 3.63) is 39.2 Å². The van der Waals surface area contributed by atoms with E-state index in [1.165, 1.54) is 17.3 Å². The molecule has 0 saturated heterocycles. The molecule has 0 amide bonds. The monoisotopic (exact) mass is 448 g/mol. The topological polar surface area (TPSA) is 98.4 Å². The summed E-state index contributed by atoms with van der Waals surface area (Å²) in [6.07, 6.45) is 4.03. The Labute approximate surface area is 183 Å². The number of hydrogen-bond acceptors (Lipinski definition) is 7. The van der Waals surface area contributed by atoms with Crippen LogP contribution in [0.5, 0.6) is 0 Å². The van der Waals surface area contributed by atoms with Gasteiger partial charge in [0.15, 0.2) is 0 Å². The summed E-state index contributed by atoms with van der Waals surface area (Å²) in [7, 11) is -1.40. The molecule has 0 bridgehead atoms. The Morgan fingerprint density at radius 1 is 1.06 bits per heavy atom. The van der Waals surface area contributed by atoms with Crippen molar-refractivity contribution in [1.82, 2.24) is 0 Å². The van der Waals surface area contributed by atoms with E-state index in [1.54, 1.807) is 0 Å². The molecule has 0 atom stereocenters. The van der Waals surface area contributed by atoms with Crippen molar-refractivity contribution in [2.75, 3.05) is 37.8 Å². The largest absolute Gasteiger partial charge is 0.577 e. The van der Waals surface area contributed by atoms with Gasteiger partial charge in [-0.2, -0.15) is 0 Å². The van der Waals surface area contributed by atoms with E-state index in [1.807, 2.05) is 26.8 Å². The van der Waals surface area contributed by atoms with Crippen LogP contribution in [0.15, 0.2) is 21.3 Å². The van der Waals surface area contributed by atoms with Crippen LogP contribution >= 0.6 is 0 Å². The van der Waals surface area contributed by atoms with Gasteiger partial charge in [0.05, 0.1) is 0 Å². The zero-order chi connectivity index (χ0) is 22.4. The van der Waals surface area contributed by atoms with Crippen molar-refractivity contribution in [3.8, 4) is 0 Å². The van der Waals surface area contributed by atoms with Gasteiger partial charge in [-0.1, -0.05) is 0 Å². The normalized spacial score (nSPS) is 14.9. The molecule has 1 aromatic carbocycles.